The summed E-state index contributed by atoms with van der Waals surface area (Å²) < 4.78 is 53.5. The second-order valence-electron chi connectivity index (χ2n) is 6.16. The minimum absolute atomic E-state index is 0.0584. The van der Waals surface area contributed by atoms with Gasteiger partial charge >= 0.3 is 6.18 Å². The number of halogens is 4. The number of hydrogen-bond acceptors (Lipinski definition) is 2. The highest BCUT2D eigenvalue weighted by molar-refractivity contribution is 5.33. The highest BCUT2D eigenvalue weighted by atomic mass is 19.4. The molecule has 1 heterocycles. The Morgan fingerprint density at radius 3 is 2.36 bits per heavy atom. The molecule has 0 radical (unpaired) electrons. The molecule has 1 aliphatic heterocycles. The zero-order valence-corrected chi connectivity index (χ0v) is 12.9. The third kappa shape index (κ3) is 4.20. The van der Waals surface area contributed by atoms with Crippen molar-refractivity contribution < 1.29 is 17.6 Å². The Labute approximate surface area is 128 Å². The van der Waals surface area contributed by atoms with E-state index in [0.717, 1.165) is 31.3 Å². The molecule has 1 fully saturated rings. The molecule has 0 amide bonds. The molecule has 6 heteroatoms. The number of benzene rings is 1. The van der Waals surface area contributed by atoms with Crippen molar-refractivity contribution in [3.05, 3.63) is 35.1 Å². The van der Waals surface area contributed by atoms with Gasteiger partial charge in [-0.2, -0.15) is 13.2 Å². The van der Waals surface area contributed by atoms with E-state index < -0.39 is 23.6 Å². The Morgan fingerprint density at radius 1 is 1.18 bits per heavy atom. The highest BCUT2D eigenvalue weighted by Crippen LogP contribution is 2.39. The number of nitrogens with one attached hydrogen (secondary N) is 1. The van der Waals surface area contributed by atoms with Gasteiger partial charge in [-0.3, -0.25) is 4.90 Å². The summed E-state index contributed by atoms with van der Waals surface area (Å²) in [6.07, 6.45) is -3.89. The molecule has 1 aromatic carbocycles. The van der Waals surface area contributed by atoms with Crippen LogP contribution in [0.4, 0.5) is 17.6 Å². The lowest BCUT2D eigenvalue weighted by molar-refractivity contribution is -0.139. The first kappa shape index (κ1) is 17.2. The van der Waals surface area contributed by atoms with Crippen molar-refractivity contribution in [1.82, 2.24) is 10.2 Å². The predicted octanol–water partition coefficient (Wildman–Crippen LogP) is 3.84. The van der Waals surface area contributed by atoms with Crippen molar-refractivity contribution >= 4 is 0 Å². The van der Waals surface area contributed by atoms with Gasteiger partial charge in [-0.15, -0.1) is 0 Å². The van der Waals surface area contributed by atoms with E-state index >= 15 is 0 Å². The van der Waals surface area contributed by atoms with Gasteiger partial charge in [0, 0.05) is 32.2 Å². The van der Waals surface area contributed by atoms with Crippen molar-refractivity contribution in [2.24, 2.45) is 5.92 Å². The maximum atomic E-state index is 13.6. The topological polar surface area (TPSA) is 15.3 Å². The van der Waals surface area contributed by atoms with E-state index in [4.69, 9.17) is 0 Å². The molecule has 0 spiro atoms. The normalized spacial score (nSPS) is 18.7. The first-order valence-corrected chi connectivity index (χ1v) is 7.60. The Kier molecular flexibility index (Phi) is 5.45. The van der Waals surface area contributed by atoms with Crippen LogP contribution in [0.5, 0.6) is 0 Å². The molecular formula is C16H22F4N2. The van der Waals surface area contributed by atoms with Crippen LogP contribution in [0.2, 0.25) is 0 Å². The lowest BCUT2D eigenvalue weighted by atomic mass is 9.91. The van der Waals surface area contributed by atoms with Crippen molar-refractivity contribution in [2.45, 2.75) is 32.5 Å². The number of piperazine rings is 1. The molecule has 0 saturated carbocycles. The van der Waals surface area contributed by atoms with Crippen LogP contribution in [0.15, 0.2) is 18.2 Å². The fourth-order valence-electron chi connectivity index (χ4n) is 2.98. The number of alkyl halides is 3. The van der Waals surface area contributed by atoms with Crippen LogP contribution in [-0.4, -0.2) is 31.1 Å². The van der Waals surface area contributed by atoms with Gasteiger partial charge in [0.2, 0.25) is 0 Å². The summed E-state index contributed by atoms with van der Waals surface area (Å²) in [4.78, 5) is 2.03. The standard InChI is InChI=1S/C16H22F4N2/c1-11(2)9-15(22-7-5-21-6-8-22)13-10-12(17)3-4-14(13)16(18,19)20/h3-4,10-11,15,21H,5-9H2,1-2H3/t15-/m1/s1. The molecule has 2 nitrogen and oxygen atoms in total. The minimum Gasteiger partial charge on any atom is -0.314 e. The van der Waals surface area contributed by atoms with Crippen LogP contribution in [0.25, 0.3) is 0 Å². The van der Waals surface area contributed by atoms with Gasteiger partial charge in [0.1, 0.15) is 5.82 Å². The highest BCUT2D eigenvalue weighted by Gasteiger charge is 2.37. The molecule has 124 valence electrons. The van der Waals surface area contributed by atoms with E-state index in [9.17, 15) is 17.6 Å². The number of rotatable bonds is 4. The summed E-state index contributed by atoms with van der Waals surface area (Å²) in [7, 11) is 0. The zero-order chi connectivity index (χ0) is 16.3. The van der Waals surface area contributed by atoms with E-state index in [0.29, 0.717) is 19.5 Å². The molecule has 0 bridgehead atoms. The van der Waals surface area contributed by atoms with Gasteiger partial charge in [-0.25, -0.2) is 4.39 Å². The molecule has 1 aromatic rings. The molecule has 0 aliphatic carbocycles. The van der Waals surface area contributed by atoms with Gasteiger partial charge in [-0.1, -0.05) is 13.8 Å². The summed E-state index contributed by atoms with van der Waals surface area (Å²) >= 11 is 0. The van der Waals surface area contributed by atoms with Crippen LogP contribution in [-0.2, 0) is 6.18 Å². The molecule has 2 rings (SSSR count). The molecule has 0 unspecified atom stereocenters. The molecule has 0 aromatic heterocycles. The summed E-state index contributed by atoms with van der Waals surface area (Å²) in [5, 5.41) is 3.19. The van der Waals surface area contributed by atoms with Crippen molar-refractivity contribution in [3.8, 4) is 0 Å². The van der Waals surface area contributed by atoms with E-state index in [2.05, 4.69) is 5.32 Å². The molecule has 1 aliphatic rings. The van der Waals surface area contributed by atoms with Crippen LogP contribution < -0.4 is 5.32 Å². The fourth-order valence-corrected chi connectivity index (χ4v) is 2.98. The lowest BCUT2D eigenvalue weighted by Crippen LogP contribution is -2.45. The largest absolute Gasteiger partial charge is 0.416 e. The van der Waals surface area contributed by atoms with Crippen molar-refractivity contribution in [2.75, 3.05) is 26.2 Å². The monoisotopic (exact) mass is 318 g/mol. The average molecular weight is 318 g/mol. The SMILES string of the molecule is CC(C)C[C@H](c1cc(F)ccc1C(F)(F)F)N1CCNCC1. The first-order valence-electron chi connectivity index (χ1n) is 7.60. The quantitative estimate of drug-likeness (QED) is 0.849. The van der Waals surface area contributed by atoms with Gasteiger partial charge in [0.15, 0.2) is 0 Å². The maximum Gasteiger partial charge on any atom is 0.416 e. The Hall–Kier alpha value is -1.14. The van der Waals surface area contributed by atoms with E-state index in [1.807, 2.05) is 18.7 Å². The molecule has 22 heavy (non-hydrogen) atoms. The molecular weight excluding hydrogens is 296 g/mol. The third-order valence-electron chi connectivity index (χ3n) is 3.97. The zero-order valence-electron chi connectivity index (χ0n) is 12.9. The van der Waals surface area contributed by atoms with Crippen LogP contribution in [0.3, 0.4) is 0 Å². The summed E-state index contributed by atoms with van der Waals surface area (Å²) in [5.41, 5.74) is -0.666. The Morgan fingerprint density at radius 2 is 1.82 bits per heavy atom. The Bertz CT molecular complexity index is 493. The summed E-state index contributed by atoms with van der Waals surface area (Å²) in [5.74, 6) is -0.392. The second kappa shape index (κ2) is 6.96. The molecule has 1 saturated heterocycles. The van der Waals surface area contributed by atoms with Gasteiger partial charge in [-0.05, 0) is 36.1 Å². The van der Waals surface area contributed by atoms with Crippen LogP contribution in [0.1, 0.15) is 37.4 Å². The lowest BCUT2D eigenvalue weighted by Gasteiger charge is -2.37. The number of hydrogen-bond donors (Lipinski definition) is 1. The molecule has 1 N–H and O–H groups in total. The second-order valence-corrected chi connectivity index (χ2v) is 6.16. The summed E-state index contributed by atoms with van der Waals surface area (Å²) in [6, 6.07) is 2.39. The fraction of sp³-hybridized carbons (Fsp3) is 0.625. The van der Waals surface area contributed by atoms with Crippen LogP contribution in [0, 0.1) is 11.7 Å². The number of nitrogens with zero attached hydrogens (tertiary/aromatic N) is 1. The Balaban J connectivity index is 2.43. The average Bonchev–Trinajstić information content (AvgIpc) is 2.44. The maximum absolute atomic E-state index is 13.6. The van der Waals surface area contributed by atoms with E-state index in [1.54, 1.807) is 0 Å². The smallest absolute Gasteiger partial charge is 0.314 e. The van der Waals surface area contributed by atoms with E-state index in [1.165, 1.54) is 0 Å². The minimum atomic E-state index is -4.47. The van der Waals surface area contributed by atoms with Crippen molar-refractivity contribution in [1.29, 1.82) is 0 Å². The van der Waals surface area contributed by atoms with Gasteiger partial charge in [0.25, 0.3) is 0 Å². The first-order chi connectivity index (χ1) is 10.3. The molecule has 1 atom stereocenters. The van der Waals surface area contributed by atoms with Crippen LogP contribution >= 0.6 is 0 Å². The summed E-state index contributed by atoms with van der Waals surface area (Å²) in [6.45, 7) is 6.77. The third-order valence-corrected chi connectivity index (χ3v) is 3.97. The van der Waals surface area contributed by atoms with Gasteiger partial charge in [0.05, 0.1) is 5.56 Å². The van der Waals surface area contributed by atoms with Crippen molar-refractivity contribution in [3.63, 3.8) is 0 Å². The van der Waals surface area contributed by atoms with E-state index in [-0.39, 0.29) is 11.5 Å². The van der Waals surface area contributed by atoms with Gasteiger partial charge < -0.3 is 5.32 Å². The predicted molar refractivity (Wildman–Crippen MR) is 78.0 cm³/mol.